The van der Waals surface area contributed by atoms with Crippen LogP contribution in [0, 0.1) is 13.8 Å². The average Bonchev–Trinajstić information content (AvgIpc) is 2.63. The third kappa shape index (κ3) is 8.08. The molecule has 0 bridgehead atoms. The third-order valence-corrected chi connectivity index (χ3v) is 4.33. The Morgan fingerprint density at radius 3 is 2.50 bits per heavy atom. The predicted octanol–water partition coefficient (Wildman–Crippen LogP) is 4.11. The van der Waals surface area contributed by atoms with Gasteiger partial charge < -0.3 is 10.6 Å². The summed E-state index contributed by atoms with van der Waals surface area (Å²) in [6.45, 7) is 15.9. The molecule has 1 aliphatic rings. The maximum absolute atomic E-state index is 11.4. The molecule has 0 saturated heterocycles. The van der Waals surface area contributed by atoms with Crippen molar-refractivity contribution in [2.75, 3.05) is 11.9 Å². The summed E-state index contributed by atoms with van der Waals surface area (Å²) in [4.78, 5) is 15.7. The van der Waals surface area contributed by atoms with Gasteiger partial charge in [0.25, 0.3) is 0 Å². The van der Waals surface area contributed by atoms with Crippen molar-refractivity contribution in [2.45, 2.75) is 39.2 Å². The number of nitrogens with zero attached hydrogens (tertiary/aromatic N) is 1. The van der Waals surface area contributed by atoms with E-state index in [4.69, 9.17) is 0 Å². The second-order valence-corrected chi connectivity index (χ2v) is 6.95. The molecule has 0 spiro atoms. The predicted molar refractivity (Wildman–Crippen MR) is 113 cm³/mol. The van der Waals surface area contributed by atoms with Gasteiger partial charge in [-0.1, -0.05) is 12.1 Å². The van der Waals surface area contributed by atoms with Gasteiger partial charge >= 0.3 is 0 Å². The van der Waals surface area contributed by atoms with Gasteiger partial charge in [-0.2, -0.15) is 30.7 Å². The molecule has 3 rings (SSSR count). The molecule has 5 heteroatoms. The monoisotopic (exact) mass is 452 g/mol. The number of hydrogen-bond donors (Lipinski definition) is 2. The number of ketones is 1. The number of aromatic nitrogens is 1. The minimum Gasteiger partial charge on any atom is -0.379 e. The van der Waals surface area contributed by atoms with E-state index in [1.807, 2.05) is 37.3 Å². The van der Waals surface area contributed by atoms with Crippen LogP contribution in [0.1, 0.15) is 42.7 Å². The van der Waals surface area contributed by atoms with Crippen LogP contribution in [0.4, 0.5) is 5.82 Å². The number of allylic oxidation sites excluding steroid dienone is 1. The summed E-state index contributed by atoms with van der Waals surface area (Å²) in [6.07, 6.45) is 3.04. The number of hydrogen-bond acceptors (Lipinski definition) is 4. The van der Waals surface area contributed by atoms with Crippen molar-refractivity contribution in [3.8, 4) is 0 Å². The van der Waals surface area contributed by atoms with E-state index >= 15 is 0 Å². The molecule has 0 aliphatic carbocycles. The number of carbonyl (C=O) groups is 1. The third-order valence-electron chi connectivity index (χ3n) is 4.33. The average molecular weight is 452 g/mol. The van der Waals surface area contributed by atoms with E-state index < -0.39 is 0 Å². The summed E-state index contributed by atoms with van der Waals surface area (Å²) >= 11 is 0. The molecule has 1 aromatic heterocycles. The zero-order chi connectivity index (χ0) is 19.8. The Kier molecular flexibility index (Phi) is 10.3. The minimum absolute atomic E-state index is 0. The van der Waals surface area contributed by atoms with Crippen molar-refractivity contribution in [2.24, 2.45) is 0 Å². The zero-order valence-corrected chi connectivity index (χ0v) is 19.8. The number of rotatable bonds is 5. The fraction of sp³-hybridized carbons (Fsp3) is 0.304. The minimum atomic E-state index is -0.187. The first kappa shape index (κ1) is 24.3. The summed E-state index contributed by atoms with van der Waals surface area (Å²) in [6, 6.07) is 11.8. The normalized spacial score (nSPS) is 12.8. The molecule has 0 fully saturated rings. The van der Waals surface area contributed by atoms with Gasteiger partial charge in [0.05, 0.1) is 6.04 Å². The first-order valence-corrected chi connectivity index (χ1v) is 9.24. The number of pyridine rings is 1. The van der Waals surface area contributed by atoms with Crippen LogP contribution < -0.4 is 10.6 Å². The Bertz CT molecular complexity index is 787. The van der Waals surface area contributed by atoms with Crippen molar-refractivity contribution in [1.29, 1.82) is 0 Å². The smallest absolute Gasteiger partial charge is 0.152 e. The second-order valence-electron chi connectivity index (χ2n) is 6.95. The van der Waals surface area contributed by atoms with Gasteiger partial charge in [-0.05, 0) is 38.7 Å². The van der Waals surface area contributed by atoms with Crippen LogP contribution in [0.3, 0.4) is 0 Å². The summed E-state index contributed by atoms with van der Waals surface area (Å²) in [5.74, 6) is 1.16. The van der Waals surface area contributed by atoms with E-state index in [0.717, 1.165) is 41.3 Å². The summed E-state index contributed by atoms with van der Waals surface area (Å²) in [5, 5.41) is 6.34. The van der Waals surface area contributed by atoms with Crippen molar-refractivity contribution in [1.82, 2.24) is 10.3 Å². The quantitative estimate of drug-likeness (QED) is 0.671. The Hall–Kier alpha value is -1.78. The number of fused-ring (bicyclic) bond motifs is 1. The summed E-state index contributed by atoms with van der Waals surface area (Å²) in [5.41, 5.74) is 5.09. The van der Waals surface area contributed by atoms with E-state index in [2.05, 4.69) is 42.1 Å². The van der Waals surface area contributed by atoms with Gasteiger partial charge in [-0.3, -0.25) is 9.78 Å². The number of carbonyl (C=O) groups excluding carboxylic acids is 1. The van der Waals surface area contributed by atoms with Crippen LogP contribution in [0.25, 0.3) is 0 Å². The van der Waals surface area contributed by atoms with E-state index in [9.17, 15) is 4.79 Å². The SMILES string of the molecule is C=C(C)N[C@@H](Cc1ccc([CH2-])cc1)C(C)=O.[CH2-]c1ccc2c(n1)NCCC2.[Y]. The molecule has 147 valence electrons. The topological polar surface area (TPSA) is 54.0 Å². The molecular weight excluding hydrogens is 423 g/mol. The molecule has 2 aromatic rings. The Balaban J connectivity index is 0.000000285. The molecule has 1 aliphatic heterocycles. The van der Waals surface area contributed by atoms with Crippen molar-refractivity contribution in [3.63, 3.8) is 0 Å². The fourth-order valence-electron chi connectivity index (χ4n) is 2.87. The van der Waals surface area contributed by atoms with Gasteiger partial charge in [0.15, 0.2) is 5.78 Å². The van der Waals surface area contributed by atoms with Crippen LogP contribution in [-0.2, 0) is 50.3 Å². The van der Waals surface area contributed by atoms with Crippen molar-refractivity contribution >= 4 is 11.6 Å². The maximum Gasteiger partial charge on any atom is 0.152 e. The molecule has 0 unspecified atom stereocenters. The van der Waals surface area contributed by atoms with Crippen LogP contribution in [0.15, 0.2) is 48.7 Å². The molecule has 1 atom stereocenters. The van der Waals surface area contributed by atoms with Crippen LogP contribution in [0.2, 0.25) is 0 Å². The Labute approximate surface area is 194 Å². The van der Waals surface area contributed by atoms with E-state index in [-0.39, 0.29) is 44.5 Å². The molecule has 0 saturated carbocycles. The summed E-state index contributed by atoms with van der Waals surface area (Å²) in [7, 11) is 0. The first-order chi connectivity index (χ1) is 12.8. The summed E-state index contributed by atoms with van der Waals surface area (Å²) < 4.78 is 0. The van der Waals surface area contributed by atoms with Crippen LogP contribution >= 0.6 is 0 Å². The largest absolute Gasteiger partial charge is 0.379 e. The Morgan fingerprint density at radius 2 is 1.89 bits per heavy atom. The first-order valence-electron chi connectivity index (χ1n) is 9.24. The number of anilines is 1. The number of nitrogens with one attached hydrogen (secondary N) is 2. The van der Waals surface area contributed by atoms with Gasteiger partial charge in [0, 0.05) is 45.0 Å². The molecule has 2 N–H and O–H groups in total. The fourth-order valence-corrected chi connectivity index (χ4v) is 2.87. The molecule has 28 heavy (non-hydrogen) atoms. The number of aryl methyl sites for hydroxylation is 1. The molecule has 1 aromatic carbocycles. The van der Waals surface area contributed by atoms with Gasteiger partial charge in [0.2, 0.25) is 0 Å². The maximum atomic E-state index is 11.4. The molecule has 4 nitrogen and oxygen atoms in total. The van der Waals surface area contributed by atoms with E-state index in [1.54, 1.807) is 6.92 Å². The second kappa shape index (κ2) is 11.9. The number of benzene rings is 1. The molecule has 0 amide bonds. The van der Waals surface area contributed by atoms with E-state index in [1.165, 1.54) is 12.0 Å². The number of Topliss-reactive ketones (excluding diaryl/α,β-unsaturated/α-hetero) is 1. The Morgan fingerprint density at radius 1 is 1.21 bits per heavy atom. The molecular formula is C23H29N3OY-2. The van der Waals surface area contributed by atoms with Gasteiger partial charge in [-0.15, -0.1) is 23.9 Å². The van der Waals surface area contributed by atoms with Gasteiger partial charge in [-0.25, -0.2) is 6.92 Å². The molecule has 2 heterocycles. The van der Waals surface area contributed by atoms with Gasteiger partial charge in [0.1, 0.15) is 5.82 Å². The van der Waals surface area contributed by atoms with Crippen LogP contribution in [-0.4, -0.2) is 23.4 Å². The van der Waals surface area contributed by atoms with Crippen molar-refractivity contribution < 1.29 is 37.5 Å². The zero-order valence-electron chi connectivity index (χ0n) is 16.9. The van der Waals surface area contributed by atoms with Crippen molar-refractivity contribution in [3.05, 3.63) is 84.9 Å². The van der Waals surface area contributed by atoms with Crippen LogP contribution in [0.5, 0.6) is 0 Å². The van der Waals surface area contributed by atoms with E-state index in [0.29, 0.717) is 6.42 Å². The standard InChI is InChI=1S/C14H18NO.C9H11N2.Y/c1-10(2)15-14(12(4)16)9-13-7-5-11(3)6-8-13;1-7-4-5-8-3-2-6-10-9(8)11-7;/h5-8,14-15H,1,3,9H2,2,4H3;4-5H,1-3,6H2,(H,10,11);/q2*-1;/t14-;;/m0../s1. The molecule has 1 radical (unpaired) electrons.